The van der Waals surface area contributed by atoms with E-state index in [1.54, 1.807) is 37.8 Å². The fourth-order valence-corrected chi connectivity index (χ4v) is 5.00. The summed E-state index contributed by atoms with van der Waals surface area (Å²) in [6.45, 7) is 3.88. The molecule has 0 saturated heterocycles. The first-order valence-electron chi connectivity index (χ1n) is 10.7. The smallest absolute Gasteiger partial charge is 0.404 e. The predicted molar refractivity (Wildman–Crippen MR) is 135 cm³/mol. The largest absolute Gasteiger partial charge is 0.755 e. The second-order valence-electron chi connectivity index (χ2n) is 7.66. The minimum atomic E-state index is -2.61. The molecule has 3 aromatic rings. The molecule has 188 valence electrons. The van der Waals surface area contributed by atoms with E-state index in [1.165, 1.54) is 11.3 Å². The van der Waals surface area contributed by atoms with Gasteiger partial charge in [0.1, 0.15) is 23.1 Å². The van der Waals surface area contributed by atoms with Gasteiger partial charge in [-0.3, -0.25) is 8.51 Å². The van der Waals surface area contributed by atoms with Crippen LogP contribution < -0.4 is 24.2 Å². The van der Waals surface area contributed by atoms with Gasteiger partial charge in [0.05, 0.1) is 20.8 Å². The van der Waals surface area contributed by atoms with Crippen molar-refractivity contribution in [1.29, 1.82) is 0 Å². The number of ether oxygens (including phenoxy) is 4. The van der Waals surface area contributed by atoms with Gasteiger partial charge in [0.2, 0.25) is 0 Å². The lowest BCUT2D eigenvalue weighted by molar-refractivity contribution is 0.160. The van der Waals surface area contributed by atoms with Gasteiger partial charge in [-0.05, 0) is 47.2 Å². The second-order valence-corrected chi connectivity index (χ2v) is 9.42. The van der Waals surface area contributed by atoms with Gasteiger partial charge < -0.3 is 29.2 Å². The third-order valence-corrected chi connectivity index (χ3v) is 6.91. The van der Waals surface area contributed by atoms with Crippen LogP contribution in [0.15, 0.2) is 47.8 Å². The van der Waals surface area contributed by atoms with Crippen LogP contribution in [0.1, 0.15) is 25.3 Å². The zero-order chi connectivity index (χ0) is 25.5. The number of nitrogens with two attached hydrogens (primary N) is 1. The number of rotatable bonds is 11. The predicted octanol–water partition coefficient (Wildman–Crippen LogP) is 5.04. The summed E-state index contributed by atoms with van der Waals surface area (Å²) in [6.07, 6.45) is -0.969. The lowest BCUT2D eigenvalue weighted by Crippen LogP contribution is -2.30. The van der Waals surface area contributed by atoms with Crippen molar-refractivity contribution in [1.82, 2.24) is 0 Å². The molecule has 9 nitrogen and oxygen atoms in total. The van der Waals surface area contributed by atoms with Crippen molar-refractivity contribution >= 4 is 33.7 Å². The van der Waals surface area contributed by atoms with Crippen LogP contribution in [0.25, 0.3) is 11.1 Å². The normalized spacial score (nSPS) is 11.7. The minimum Gasteiger partial charge on any atom is -0.755 e. The topological polar surface area (TPSA) is 123 Å². The van der Waals surface area contributed by atoms with E-state index >= 15 is 0 Å². The summed E-state index contributed by atoms with van der Waals surface area (Å²) >= 11 is -1.36. The Labute approximate surface area is 210 Å². The molecule has 0 aliphatic rings. The van der Waals surface area contributed by atoms with Gasteiger partial charge in [0.15, 0.2) is 11.5 Å². The van der Waals surface area contributed by atoms with Crippen molar-refractivity contribution < 1.29 is 32.5 Å². The Bertz CT molecular complexity index is 1200. The Hall–Kier alpha value is -3.28. The number of benzene rings is 2. The van der Waals surface area contributed by atoms with Crippen LogP contribution in [0, 0.1) is 0 Å². The zero-order valence-electron chi connectivity index (χ0n) is 19.8. The van der Waals surface area contributed by atoms with Crippen molar-refractivity contribution in [3.63, 3.8) is 0 Å². The van der Waals surface area contributed by atoms with E-state index in [-0.39, 0.29) is 19.1 Å². The number of primary amides is 1. The molecular weight excluding hydrogens is 492 g/mol. The standard InChI is InChI=1S/C24H28N2O7S2/c1-15(2)16-5-7-20(33-17-6-8-21(30-3)22(14-17)31-4)19(13-16)18-9-12-34-23(18)26(35(28)29)10-11-32-24(25)27/h5-9,12-15H,10-11H2,1-4H3,(H2,25,27)(H,28,29)/p-1. The molecule has 0 aliphatic heterocycles. The molecule has 11 heteroatoms. The Morgan fingerprint density at radius 2 is 1.77 bits per heavy atom. The van der Waals surface area contributed by atoms with Crippen LogP contribution >= 0.6 is 11.3 Å². The number of carbonyl (C=O) groups is 1. The third kappa shape index (κ3) is 6.44. The Morgan fingerprint density at radius 1 is 1.06 bits per heavy atom. The molecule has 0 spiro atoms. The van der Waals surface area contributed by atoms with Crippen LogP contribution in [0.5, 0.6) is 23.0 Å². The lowest BCUT2D eigenvalue weighted by Gasteiger charge is -2.26. The molecular formula is C24H27N2O7S2-. The summed E-state index contributed by atoms with van der Waals surface area (Å²) < 4.78 is 46.9. The molecule has 1 amide bonds. The summed E-state index contributed by atoms with van der Waals surface area (Å²) in [7, 11) is 3.10. The number of nitrogens with zero attached hydrogens (tertiary/aromatic N) is 1. The van der Waals surface area contributed by atoms with Gasteiger partial charge in [-0.1, -0.05) is 19.9 Å². The average molecular weight is 520 g/mol. The zero-order valence-corrected chi connectivity index (χ0v) is 21.4. The first kappa shape index (κ1) is 26.3. The number of anilines is 1. The fraction of sp³-hybridized carbons (Fsp3) is 0.292. The molecule has 1 atom stereocenters. The second kappa shape index (κ2) is 11.9. The molecule has 0 aliphatic carbocycles. The quantitative estimate of drug-likeness (QED) is 0.352. The highest BCUT2D eigenvalue weighted by Gasteiger charge is 2.20. The molecule has 2 aromatic carbocycles. The summed E-state index contributed by atoms with van der Waals surface area (Å²) in [6, 6.07) is 12.9. The highest BCUT2D eigenvalue weighted by atomic mass is 32.2. The Kier molecular flexibility index (Phi) is 8.96. The number of thiophene rings is 1. The molecule has 1 unspecified atom stereocenters. The first-order chi connectivity index (χ1) is 16.7. The minimum absolute atomic E-state index is 0.0810. The van der Waals surface area contributed by atoms with Gasteiger partial charge in [-0.15, -0.1) is 11.3 Å². The Morgan fingerprint density at radius 3 is 2.40 bits per heavy atom. The van der Waals surface area contributed by atoms with Crippen molar-refractivity contribution in [2.75, 3.05) is 31.7 Å². The fourth-order valence-electron chi connectivity index (χ4n) is 3.39. The monoisotopic (exact) mass is 519 g/mol. The third-order valence-electron chi connectivity index (χ3n) is 5.13. The SMILES string of the molecule is COc1ccc(Oc2ccc(C(C)C)cc2-c2ccsc2N(CCOC(N)=O)S(=O)[O-])cc1OC. The molecule has 0 saturated carbocycles. The van der Waals surface area contributed by atoms with Gasteiger partial charge in [0.25, 0.3) is 0 Å². The van der Waals surface area contributed by atoms with E-state index in [2.05, 4.69) is 13.8 Å². The molecule has 35 heavy (non-hydrogen) atoms. The molecule has 0 bridgehead atoms. The Balaban J connectivity index is 2.05. The summed E-state index contributed by atoms with van der Waals surface area (Å²) in [5.74, 6) is 2.38. The van der Waals surface area contributed by atoms with Crippen molar-refractivity contribution in [3.05, 3.63) is 53.4 Å². The highest BCUT2D eigenvalue weighted by Crippen LogP contribution is 2.44. The summed E-state index contributed by atoms with van der Waals surface area (Å²) in [4.78, 5) is 10.9. The van der Waals surface area contributed by atoms with E-state index in [4.69, 9.17) is 24.7 Å². The van der Waals surface area contributed by atoms with Crippen LogP contribution in [-0.2, 0) is 16.0 Å². The van der Waals surface area contributed by atoms with Gasteiger partial charge in [0, 0.05) is 28.5 Å². The summed E-state index contributed by atoms with van der Waals surface area (Å²) in [5, 5.41) is 2.26. The average Bonchev–Trinajstić information content (AvgIpc) is 3.30. The lowest BCUT2D eigenvalue weighted by atomic mass is 9.97. The molecule has 0 radical (unpaired) electrons. The number of hydrogen-bond donors (Lipinski definition) is 1. The van der Waals surface area contributed by atoms with Gasteiger partial charge >= 0.3 is 6.09 Å². The molecule has 3 rings (SSSR count). The molecule has 0 fully saturated rings. The maximum atomic E-state index is 12.0. The number of hydrogen-bond acceptors (Lipinski definition) is 8. The van der Waals surface area contributed by atoms with Crippen molar-refractivity contribution in [2.24, 2.45) is 5.73 Å². The molecule has 2 N–H and O–H groups in total. The summed E-state index contributed by atoms with van der Waals surface area (Å²) in [5.41, 5.74) is 7.45. The van der Waals surface area contributed by atoms with Crippen LogP contribution in [0.3, 0.4) is 0 Å². The number of methoxy groups -OCH3 is 2. The van der Waals surface area contributed by atoms with Crippen molar-refractivity contribution in [2.45, 2.75) is 19.8 Å². The first-order valence-corrected chi connectivity index (χ1v) is 12.6. The highest BCUT2D eigenvalue weighted by molar-refractivity contribution is 7.81. The van der Waals surface area contributed by atoms with Gasteiger partial charge in [-0.2, -0.15) is 0 Å². The van der Waals surface area contributed by atoms with E-state index in [9.17, 15) is 13.6 Å². The van der Waals surface area contributed by atoms with E-state index in [0.29, 0.717) is 39.1 Å². The molecule has 1 aromatic heterocycles. The van der Waals surface area contributed by atoms with E-state index in [0.717, 1.165) is 9.87 Å². The molecule has 1 heterocycles. The maximum Gasteiger partial charge on any atom is 0.404 e. The van der Waals surface area contributed by atoms with Crippen LogP contribution in [0.2, 0.25) is 0 Å². The number of carbonyl (C=O) groups excluding carboxylic acids is 1. The van der Waals surface area contributed by atoms with E-state index in [1.807, 2.05) is 24.3 Å². The van der Waals surface area contributed by atoms with Crippen LogP contribution in [0.4, 0.5) is 9.80 Å². The van der Waals surface area contributed by atoms with Crippen LogP contribution in [-0.4, -0.2) is 42.2 Å². The number of amides is 1. The van der Waals surface area contributed by atoms with Gasteiger partial charge in [-0.25, -0.2) is 4.79 Å². The van der Waals surface area contributed by atoms with E-state index < -0.39 is 17.4 Å². The maximum absolute atomic E-state index is 12.0. The van der Waals surface area contributed by atoms with Crippen molar-refractivity contribution in [3.8, 4) is 34.1 Å².